The Bertz CT molecular complexity index is 1140. The van der Waals surface area contributed by atoms with Crippen molar-refractivity contribution in [3.8, 4) is 11.1 Å². The first-order chi connectivity index (χ1) is 16.5. The SMILES string of the molecule is CC(=O)N(Nc1ccccc1)c1ccc(-c2ccc(N(Nc3ccccc3)C(C)=O)cc2)cc1. The average molecular weight is 451 g/mol. The standard InChI is InChI=1S/C28H26N4O2/c1-21(33)31(29-25-9-5-3-6-10-25)27-17-13-23(14-18-27)24-15-19-28(20-16-24)32(22(2)34)30-26-11-7-4-8-12-26/h3-20,29-30H,1-2H3. The van der Waals surface area contributed by atoms with Crippen LogP contribution in [0.1, 0.15) is 13.8 Å². The molecule has 0 unspecified atom stereocenters. The van der Waals surface area contributed by atoms with E-state index in [1.807, 2.05) is 109 Å². The fraction of sp³-hybridized carbons (Fsp3) is 0.0714. The molecule has 2 amide bonds. The van der Waals surface area contributed by atoms with Gasteiger partial charge < -0.3 is 0 Å². The molecule has 4 rings (SSSR count). The maximum Gasteiger partial charge on any atom is 0.242 e. The summed E-state index contributed by atoms with van der Waals surface area (Å²) in [7, 11) is 0. The average Bonchev–Trinajstić information content (AvgIpc) is 2.87. The molecule has 4 aromatic rings. The second-order valence-corrected chi connectivity index (χ2v) is 7.76. The lowest BCUT2D eigenvalue weighted by Gasteiger charge is -2.24. The third kappa shape index (κ3) is 5.42. The van der Waals surface area contributed by atoms with Crippen molar-refractivity contribution in [2.75, 3.05) is 20.9 Å². The van der Waals surface area contributed by atoms with Crippen molar-refractivity contribution in [2.24, 2.45) is 0 Å². The van der Waals surface area contributed by atoms with Gasteiger partial charge in [-0.25, -0.2) is 10.0 Å². The lowest BCUT2D eigenvalue weighted by Crippen LogP contribution is -2.34. The highest BCUT2D eigenvalue weighted by molar-refractivity contribution is 5.94. The summed E-state index contributed by atoms with van der Waals surface area (Å²) in [6.07, 6.45) is 0. The number of nitrogens with zero attached hydrogens (tertiary/aromatic N) is 2. The van der Waals surface area contributed by atoms with Gasteiger partial charge in [-0.1, -0.05) is 60.7 Å². The third-order valence-corrected chi connectivity index (χ3v) is 5.24. The van der Waals surface area contributed by atoms with Gasteiger partial charge in [0.25, 0.3) is 0 Å². The fourth-order valence-electron chi connectivity index (χ4n) is 3.54. The Hall–Kier alpha value is -4.58. The number of hydrogen-bond acceptors (Lipinski definition) is 4. The fourth-order valence-corrected chi connectivity index (χ4v) is 3.54. The molecule has 0 saturated heterocycles. The lowest BCUT2D eigenvalue weighted by molar-refractivity contribution is -0.117. The summed E-state index contributed by atoms with van der Waals surface area (Å²) in [4.78, 5) is 24.4. The van der Waals surface area contributed by atoms with Gasteiger partial charge in [-0.15, -0.1) is 0 Å². The van der Waals surface area contributed by atoms with E-state index in [4.69, 9.17) is 0 Å². The zero-order valence-corrected chi connectivity index (χ0v) is 19.1. The molecule has 6 nitrogen and oxygen atoms in total. The van der Waals surface area contributed by atoms with Gasteiger partial charge in [0.1, 0.15) is 0 Å². The monoisotopic (exact) mass is 450 g/mol. The smallest absolute Gasteiger partial charge is 0.242 e. The minimum atomic E-state index is -0.115. The molecule has 0 heterocycles. The first-order valence-corrected chi connectivity index (χ1v) is 11.0. The number of carbonyl (C=O) groups excluding carboxylic acids is 2. The largest absolute Gasteiger partial charge is 0.291 e. The molecule has 0 aromatic heterocycles. The van der Waals surface area contributed by atoms with Crippen LogP contribution in [0.3, 0.4) is 0 Å². The Kier molecular flexibility index (Phi) is 6.89. The zero-order valence-electron chi connectivity index (χ0n) is 19.1. The van der Waals surface area contributed by atoms with Crippen LogP contribution in [-0.4, -0.2) is 11.8 Å². The quantitative estimate of drug-likeness (QED) is 0.333. The lowest BCUT2D eigenvalue weighted by atomic mass is 10.0. The molecule has 0 aliphatic rings. The van der Waals surface area contributed by atoms with Crippen molar-refractivity contribution in [1.82, 2.24) is 0 Å². The van der Waals surface area contributed by atoms with E-state index in [0.717, 1.165) is 33.9 Å². The molecule has 34 heavy (non-hydrogen) atoms. The zero-order chi connectivity index (χ0) is 23.9. The molecule has 0 aliphatic carbocycles. The van der Waals surface area contributed by atoms with Crippen LogP contribution in [-0.2, 0) is 9.59 Å². The predicted molar refractivity (Wildman–Crippen MR) is 138 cm³/mol. The molecule has 0 atom stereocenters. The van der Waals surface area contributed by atoms with Gasteiger partial charge in [-0.2, -0.15) is 0 Å². The molecular weight excluding hydrogens is 424 g/mol. The maximum absolute atomic E-state index is 12.2. The van der Waals surface area contributed by atoms with E-state index in [9.17, 15) is 9.59 Å². The molecule has 0 saturated carbocycles. The minimum absolute atomic E-state index is 0.115. The number of amides is 2. The molecule has 0 aliphatic heterocycles. The van der Waals surface area contributed by atoms with Crippen molar-refractivity contribution < 1.29 is 9.59 Å². The highest BCUT2D eigenvalue weighted by Crippen LogP contribution is 2.26. The summed E-state index contributed by atoms with van der Waals surface area (Å²) in [6, 6.07) is 34.6. The van der Waals surface area contributed by atoms with E-state index in [1.165, 1.54) is 23.9 Å². The molecule has 0 radical (unpaired) electrons. The van der Waals surface area contributed by atoms with Gasteiger partial charge >= 0.3 is 0 Å². The topological polar surface area (TPSA) is 64.7 Å². The highest BCUT2D eigenvalue weighted by Gasteiger charge is 2.13. The molecular formula is C28H26N4O2. The molecule has 2 N–H and O–H groups in total. The van der Waals surface area contributed by atoms with Crippen LogP contribution in [0.15, 0.2) is 109 Å². The van der Waals surface area contributed by atoms with Gasteiger partial charge in [0.15, 0.2) is 0 Å². The van der Waals surface area contributed by atoms with Gasteiger partial charge in [0.05, 0.1) is 22.7 Å². The van der Waals surface area contributed by atoms with Crippen molar-refractivity contribution in [3.05, 3.63) is 109 Å². The van der Waals surface area contributed by atoms with Crippen LogP contribution in [0.4, 0.5) is 22.7 Å². The van der Waals surface area contributed by atoms with Crippen molar-refractivity contribution in [1.29, 1.82) is 0 Å². The summed E-state index contributed by atoms with van der Waals surface area (Å²) >= 11 is 0. The molecule has 0 fully saturated rings. The number of para-hydroxylation sites is 2. The summed E-state index contributed by atoms with van der Waals surface area (Å²) in [5, 5.41) is 3.03. The van der Waals surface area contributed by atoms with E-state index >= 15 is 0 Å². The Morgan fingerprint density at radius 3 is 1.12 bits per heavy atom. The van der Waals surface area contributed by atoms with Gasteiger partial charge in [-0.05, 0) is 59.7 Å². The summed E-state index contributed by atoms with van der Waals surface area (Å²) in [5.41, 5.74) is 11.4. The number of hydrazine groups is 2. The van der Waals surface area contributed by atoms with Gasteiger partial charge in [0.2, 0.25) is 11.8 Å². The van der Waals surface area contributed by atoms with Crippen LogP contribution in [0.2, 0.25) is 0 Å². The van der Waals surface area contributed by atoms with Crippen molar-refractivity contribution >= 4 is 34.6 Å². The number of anilines is 4. The van der Waals surface area contributed by atoms with E-state index < -0.39 is 0 Å². The Morgan fingerprint density at radius 2 is 0.824 bits per heavy atom. The minimum Gasteiger partial charge on any atom is -0.291 e. The molecule has 6 heteroatoms. The first kappa shape index (κ1) is 22.6. The highest BCUT2D eigenvalue weighted by atomic mass is 16.2. The Balaban J connectivity index is 1.51. The molecule has 170 valence electrons. The van der Waals surface area contributed by atoms with E-state index in [1.54, 1.807) is 0 Å². The number of benzene rings is 4. The van der Waals surface area contributed by atoms with Crippen molar-refractivity contribution in [2.45, 2.75) is 13.8 Å². The third-order valence-electron chi connectivity index (χ3n) is 5.24. The predicted octanol–water partition coefficient (Wildman–Crippen LogP) is 6.11. The van der Waals surface area contributed by atoms with Gasteiger partial charge in [0, 0.05) is 13.8 Å². The van der Waals surface area contributed by atoms with Crippen LogP contribution < -0.4 is 20.9 Å². The second kappa shape index (κ2) is 10.4. The first-order valence-electron chi connectivity index (χ1n) is 11.0. The number of rotatable bonds is 7. The second-order valence-electron chi connectivity index (χ2n) is 7.76. The molecule has 4 aromatic carbocycles. The van der Waals surface area contributed by atoms with Crippen LogP contribution in [0.5, 0.6) is 0 Å². The summed E-state index contributed by atoms with van der Waals surface area (Å²) in [5.74, 6) is -0.229. The van der Waals surface area contributed by atoms with Crippen LogP contribution >= 0.6 is 0 Å². The van der Waals surface area contributed by atoms with Crippen LogP contribution in [0, 0.1) is 0 Å². The Morgan fingerprint density at radius 1 is 0.500 bits per heavy atom. The van der Waals surface area contributed by atoms with E-state index in [-0.39, 0.29) is 11.8 Å². The van der Waals surface area contributed by atoms with E-state index in [0.29, 0.717) is 0 Å². The summed E-state index contributed by atoms with van der Waals surface area (Å²) < 4.78 is 0. The Labute approximate surface area is 199 Å². The van der Waals surface area contributed by atoms with Crippen molar-refractivity contribution in [3.63, 3.8) is 0 Å². The molecule has 0 spiro atoms. The summed E-state index contributed by atoms with van der Waals surface area (Å²) in [6.45, 7) is 3.04. The maximum atomic E-state index is 12.2. The number of hydrogen-bond donors (Lipinski definition) is 2. The molecule has 0 bridgehead atoms. The van der Waals surface area contributed by atoms with E-state index in [2.05, 4.69) is 10.9 Å². The van der Waals surface area contributed by atoms with Gasteiger partial charge in [-0.3, -0.25) is 20.4 Å². The number of nitrogens with one attached hydrogen (secondary N) is 2. The van der Waals surface area contributed by atoms with Crippen LogP contribution in [0.25, 0.3) is 11.1 Å². The normalized spacial score (nSPS) is 10.3. The number of carbonyl (C=O) groups is 2.